The molecule has 8 nitrogen and oxygen atoms in total. The fourth-order valence-corrected chi connectivity index (χ4v) is 3.34. The second kappa shape index (κ2) is 7.22. The van der Waals surface area contributed by atoms with E-state index in [-0.39, 0.29) is 6.04 Å². The molecule has 3 aromatic rings. The summed E-state index contributed by atoms with van der Waals surface area (Å²) in [4.78, 5) is 25.6. The van der Waals surface area contributed by atoms with Crippen LogP contribution in [0.5, 0.6) is 0 Å². The number of anilines is 3. The zero-order chi connectivity index (χ0) is 18.8. The number of H-pyrrole nitrogens is 1. The Hall–Kier alpha value is -3.16. The largest absolute Gasteiger partial charge is 0.362 e. The van der Waals surface area contributed by atoms with E-state index in [1.807, 2.05) is 62.7 Å². The van der Waals surface area contributed by atoms with Gasteiger partial charge < -0.3 is 20.1 Å². The summed E-state index contributed by atoms with van der Waals surface area (Å²) in [6, 6.07) is 6.17. The Morgan fingerprint density at radius 3 is 2.89 bits per heavy atom. The zero-order valence-corrected chi connectivity index (χ0v) is 15.8. The van der Waals surface area contributed by atoms with E-state index in [2.05, 4.69) is 30.2 Å². The van der Waals surface area contributed by atoms with Crippen molar-refractivity contribution in [2.75, 3.05) is 42.3 Å². The average Bonchev–Trinajstić information content (AvgIpc) is 3.35. The minimum atomic E-state index is 0.264. The lowest BCUT2D eigenvalue weighted by Gasteiger charge is -2.19. The summed E-state index contributed by atoms with van der Waals surface area (Å²) in [5, 5.41) is 3.45. The molecule has 1 aliphatic heterocycles. The molecular formula is C19H24N8. The first-order chi connectivity index (χ1) is 13.1. The number of nitrogens with one attached hydrogen (secondary N) is 2. The summed E-state index contributed by atoms with van der Waals surface area (Å²) in [7, 11) is 3.98. The molecule has 1 atom stereocenters. The maximum absolute atomic E-state index is 4.71. The summed E-state index contributed by atoms with van der Waals surface area (Å²) in [5.41, 5.74) is 2.96. The molecule has 0 aromatic carbocycles. The predicted octanol–water partition coefficient (Wildman–Crippen LogP) is 2.33. The molecule has 0 spiro atoms. The molecule has 1 aliphatic rings. The van der Waals surface area contributed by atoms with Gasteiger partial charge in [0.15, 0.2) is 0 Å². The summed E-state index contributed by atoms with van der Waals surface area (Å²) in [5.74, 6) is 2.35. The molecule has 140 valence electrons. The lowest BCUT2D eigenvalue weighted by atomic mass is 10.3. The van der Waals surface area contributed by atoms with Gasteiger partial charge in [-0.25, -0.2) is 15.0 Å². The molecule has 2 N–H and O–H groups in total. The molecule has 4 rings (SSSR count). The maximum Gasteiger partial charge on any atom is 0.225 e. The molecule has 0 aliphatic carbocycles. The Kier molecular flexibility index (Phi) is 4.62. The molecule has 0 bridgehead atoms. The van der Waals surface area contributed by atoms with Crippen LogP contribution in [0, 0.1) is 6.92 Å². The number of hydrogen-bond acceptors (Lipinski definition) is 7. The number of rotatable bonds is 5. The van der Waals surface area contributed by atoms with Gasteiger partial charge in [-0.05, 0) is 31.5 Å². The van der Waals surface area contributed by atoms with Crippen LogP contribution in [0.15, 0.2) is 36.8 Å². The van der Waals surface area contributed by atoms with Gasteiger partial charge in [-0.15, -0.1) is 0 Å². The number of aromatic amines is 1. The van der Waals surface area contributed by atoms with E-state index in [0.717, 1.165) is 48.2 Å². The Labute approximate surface area is 158 Å². The normalized spacial score (nSPS) is 16.6. The topological polar surface area (TPSA) is 85.9 Å². The van der Waals surface area contributed by atoms with Gasteiger partial charge in [0.05, 0.1) is 11.4 Å². The predicted molar refractivity (Wildman–Crippen MR) is 107 cm³/mol. The molecule has 4 heterocycles. The first-order valence-electron chi connectivity index (χ1n) is 9.09. The zero-order valence-electron chi connectivity index (χ0n) is 15.8. The van der Waals surface area contributed by atoms with Gasteiger partial charge >= 0.3 is 0 Å². The lowest BCUT2D eigenvalue weighted by molar-refractivity contribution is 0.788. The van der Waals surface area contributed by atoms with Crippen molar-refractivity contribution in [3.8, 4) is 11.4 Å². The van der Waals surface area contributed by atoms with Crippen LogP contribution in [0.25, 0.3) is 11.4 Å². The van der Waals surface area contributed by atoms with Gasteiger partial charge in [0.1, 0.15) is 5.82 Å². The molecule has 0 radical (unpaired) electrons. The molecule has 0 saturated carbocycles. The number of aromatic nitrogens is 5. The highest BCUT2D eigenvalue weighted by Gasteiger charge is 2.25. The maximum atomic E-state index is 4.71. The molecule has 3 aromatic heterocycles. The van der Waals surface area contributed by atoms with Gasteiger partial charge in [0, 0.05) is 57.4 Å². The van der Waals surface area contributed by atoms with E-state index in [1.54, 1.807) is 0 Å². The first-order valence-corrected chi connectivity index (χ1v) is 9.09. The van der Waals surface area contributed by atoms with Crippen molar-refractivity contribution < 1.29 is 0 Å². The Balaban J connectivity index is 1.45. The third-order valence-corrected chi connectivity index (χ3v) is 4.69. The van der Waals surface area contributed by atoms with Gasteiger partial charge in [-0.2, -0.15) is 4.98 Å². The van der Waals surface area contributed by atoms with Gasteiger partial charge in [0.25, 0.3) is 0 Å². The van der Waals surface area contributed by atoms with E-state index >= 15 is 0 Å². The van der Waals surface area contributed by atoms with Crippen LogP contribution in [0.1, 0.15) is 12.0 Å². The van der Waals surface area contributed by atoms with Gasteiger partial charge in [0.2, 0.25) is 11.9 Å². The van der Waals surface area contributed by atoms with E-state index < -0.39 is 0 Å². The molecule has 1 saturated heterocycles. The third-order valence-electron chi connectivity index (χ3n) is 4.69. The molecule has 1 fully saturated rings. The quantitative estimate of drug-likeness (QED) is 0.718. The fourth-order valence-electron chi connectivity index (χ4n) is 3.34. The van der Waals surface area contributed by atoms with Gasteiger partial charge in [-0.1, -0.05) is 0 Å². The number of nitrogens with zero attached hydrogens (tertiary/aromatic N) is 6. The van der Waals surface area contributed by atoms with Crippen LogP contribution in [0.3, 0.4) is 0 Å². The fraction of sp³-hybridized carbons (Fsp3) is 0.368. The van der Waals surface area contributed by atoms with Crippen molar-refractivity contribution in [2.24, 2.45) is 0 Å². The lowest BCUT2D eigenvalue weighted by Crippen LogP contribution is -2.28. The minimum Gasteiger partial charge on any atom is -0.362 e. The van der Waals surface area contributed by atoms with Crippen molar-refractivity contribution in [1.29, 1.82) is 0 Å². The highest BCUT2D eigenvalue weighted by molar-refractivity contribution is 5.56. The standard InChI is InChI=1S/C19H24N8/c1-13-11-22-18(25-17(13)26(2)3)23-14-7-10-27(12-14)19-21-9-6-16(24-19)15-5-4-8-20-15/h4-6,8-9,11,14,20H,7,10,12H2,1-3H3,(H,22,23,25). The number of hydrogen-bond donors (Lipinski definition) is 2. The first kappa shape index (κ1) is 17.3. The summed E-state index contributed by atoms with van der Waals surface area (Å²) in [6.07, 6.45) is 6.56. The molecule has 1 unspecified atom stereocenters. The van der Waals surface area contributed by atoms with Crippen molar-refractivity contribution in [2.45, 2.75) is 19.4 Å². The number of aryl methyl sites for hydroxylation is 1. The summed E-state index contributed by atoms with van der Waals surface area (Å²) in [6.45, 7) is 3.74. The molecular weight excluding hydrogens is 340 g/mol. The van der Waals surface area contributed by atoms with E-state index in [4.69, 9.17) is 4.98 Å². The van der Waals surface area contributed by atoms with Crippen LogP contribution >= 0.6 is 0 Å². The Morgan fingerprint density at radius 1 is 1.22 bits per heavy atom. The van der Waals surface area contributed by atoms with Crippen molar-refractivity contribution in [1.82, 2.24) is 24.9 Å². The van der Waals surface area contributed by atoms with Crippen molar-refractivity contribution >= 4 is 17.7 Å². The van der Waals surface area contributed by atoms with E-state index in [0.29, 0.717) is 5.95 Å². The van der Waals surface area contributed by atoms with E-state index in [9.17, 15) is 0 Å². The van der Waals surface area contributed by atoms with Crippen LogP contribution < -0.4 is 15.1 Å². The van der Waals surface area contributed by atoms with Crippen LogP contribution in [0.2, 0.25) is 0 Å². The molecule has 27 heavy (non-hydrogen) atoms. The van der Waals surface area contributed by atoms with E-state index in [1.165, 1.54) is 0 Å². The average molecular weight is 364 g/mol. The smallest absolute Gasteiger partial charge is 0.225 e. The van der Waals surface area contributed by atoms with Crippen LogP contribution in [-0.4, -0.2) is 58.1 Å². The van der Waals surface area contributed by atoms with Crippen molar-refractivity contribution in [3.05, 3.63) is 42.4 Å². The highest BCUT2D eigenvalue weighted by atomic mass is 15.3. The monoisotopic (exact) mass is 364 g/mol. The molecule has 8 heteroatoms. The second-order valence-electron chi connectivity index (χ2n) is 7.00. The van der Waals surface area contributed by atoms with Crippen molar-refractivity contribution in [3.63, 3.8) is 0 Å². The Morgan fingerprint density at radius 2 is 2.11 bits per heavy atom. The Bertz CT molecular complexity index is 906. The second-order valence-corrected chi connectivity index (χ2v) is 7.00. The SMILES string of the molecule is Cc1cnc(NC2CCN(c3nccc(-c4ccc[nH]4)n3)C2)nc1N(C)C. The molecule has 0 amide bonds. The van der Waals surface area contributed by atoms with Gasteiger partial charge in [-0.3, -0.25) is 0 Å². The van der Waals surface area contributed by atoms with Crippen LogP contribution in [0.4, 0.5) is 17.7 Å². The minimum absolute atomic E-state index is 0.264. The highest BCUT2D eigenvalue weighted by Crippen LogP contribution is 2.22. The summed E-state index contributed by atoms with van der Waals surface area (Å²) < 4.78 is 0. The summed E-state index contributed by atoms with van der Waals surface area (Å²) >= 11 is 0. The third kappa shape index (κ3) is 3.69. The van der Waals surface area contributed by atoms with Crippen LogP contribution in [-0.2, 0) is 0 Å².